The van der Waals surface area contributed by atoms with Crippen molar-refractivity contribution in [2.24, 2.45) is 5.92 Å². The molecule has 3 heteroatoms. The van der Waals surface area contributed by atoms with Crippen molar-refractivity contribution in [3.63, 3.8) is 0 Å². The monoisotopic (exact) mass is 295 g/mol. The molecule has 1 atom stereocenters. The van der Waals surface area contributed by atoms with Crippen molar-refractivity contribution in [3.05, 3.63) is 34.3 Å². The fourth-order valence-corrected chi connectivity index (χ4v) is 2.97. The quantitative estimate of drug-likeness (QED) is 0.904. The first kappa shape index (κ1) is 12.6. The van der Waals surface area contributed by atoms with E-state index in [1.807, 2.05) is 24.3 Å². The number of benzene rings is 1. The highest BCUT2D eigenvalue weighted by Crippen LogP contribution is 2.27. The Balaban J connectivity index is 1.99. The third-order valence-electron chi connectivity index (χ3n) is 3.58. The number of hydrogen-bond donors (Lipinski definition) is 1. The molecular weight excluding hydrogens is 278 g/mol. The Morgan fingerprint density at radius 2 is 2.00 bits per heavy atom. The maximum atomic E-state index is 12.1. The Bertz CT molecular complexity index is 399. The molecule has 2 rings (SSSR count). The molecule has 1 aliphatic rings. The van der Waals surface area contributed by atoms with Crippen molar-refractivity contribution in [3.8, 4) is 0 Å². The van der Waals surface area contributed by atoms with Crippen molar-refractivity contribution in [2.75, 3.05) is 0 Å². The molecule has 1 aromatic carbocycles. The summed E-state index contributed by atoms with van der Waals surface area (Å²) in [6.45, 7) is 2.12. The fraction of sp³-hybridized carbons (Fsp3) is 0.500. The second kappa shape index (κ2) is 5.67. The van der Waals surface area contributed by atoms with Crippen molar-refractivity contribution in [1.29, 1.82) is 0 Å². The third kappa shape index (κ3) is 3.09. The second-order valence-electron chi connectivity index (χ2n) is 4.79. The van der Waals surface area contributed by atoms with Gasteiger partial charge in [-0.15, -0.1) is 0 Å². The lowest BCUT2D eigenvalue weighted by atomic mass is 9.99. The summed E-state index contributed by atoms with van der Waals surface area (Å²) in [5.74, 6) is 0.679. The molecule has 0 heterocycles. The van der Waals surface area contributed by atoms with Gasteiger partial charge in [0.05, 0.1) is 5.56 Å². The molecular formula is C14H18BrNO. The molecule has 1 saturated carbocycles. The van der Waals surface area contributed by atoms with Crippen LogP contribution in [-0.4, -0.2) is 11.9 Å². The number of amides is 1. The summed E-state index contributed by atoms with van der Waals surface area (Å²) in [4.78, 5) is 12.1. The van der Waals surface area contributed by atoms with Gasteiger partial charge in [-0.2, -0.15) is 0 Å². The number of carbonyl (C=O) groups excluding carboxylic acids is 1. The zero-order chi connectivity index (χ0) is 12.3. The minimum Gasteiger partial charge on any atom is -0.349 e. The molecule has 1 aliphatic carbocycles. The van der Waals surface area contributed by atoms with E-state index in [2.05, 4.69) is 28.2 Å². The first-order valence-electron chi connectivity index (χ1n) is 6.24. The Morgan fingerprint density at radius 1 is 1.35 bits per heavy atom. The largest absolute Gasteiger partial charge is 0.349 e. The zero-order valence-corrected chi connectivity index (χ0v) is 11.7. The van der Waals surface area contributed by atoms with Crippen LogP contribution >= 0.6 is 15.9 Å². The first-order valence-corrected chi connectivity index (χ1v) is 7.03. The van der Waals surface area contributed by atoms with Crippen LogP contribution in [0.4, 0.5) is 0 Å². The van der Waals surface area contributed by atoms with Crippen molar-refractivity contribution in [2.45, 2.75) is 38.6 Å². The van der Waals surface area contributed by atoms with Crippen molar-refractivity contribution < 1.29 is 4.79 Å². The van der Waals surface area contributed by atoms with Gasteiger partial charge in [-0.1, -0.05) is 25.0 Å². The lowest BCUT2D eigenvalue weighted by Crippen LogP contribution is -2.37. The van der Waals surface area contributed by atoms with Gasteiger partial charge in [0.2, 0.25) is 0 Å². The topological polar surface area (TPSA) is 29.1 Å². The average molecular weight is 296 g/mol. The third-order valence-corrected chi connectivity index (χ3v) is 4.28. The highest BCUT2D eigenvalue weighted by Gasteiger charge is 2.23. The van der Waals surface area contributed by atoms with Crippen molar-refractivity contribution >= 4 is 21.8 Å². The molecule has 0 spiro atoms. The van der Waals surface area contributed by atoms with Gasteiger partial charge in [0.15, 0.2) is 0 Å². The number of hydrogen-bond acceptors (Lipinski definition) is 1. The molecule has 92 valence electrons. The molecule has 2 nitrogen and oxygen atoms in total. The van der Waals surface area contributed by atoms with E-state index in [0.717, 1.165) is 10.0 Å². The maximum Gasteiger partial charge on any atom is 0.252 e. The SMILES string of the molecule is CC(NC(=O)c1ccccc1Br)C1CCCC1. The predicted octanol–water partition coefficient (Wildman–Crippen LogP) is 3.76. The van der Waals surface area contributed by atoms with E-state index in [1.54, 1.807) is 0 Å². The zero-order valence-electron chi connectivity index (χ0n) is 10.1. The maximum absolute atomic E-state index is 12.1. The van der Waals surface area contributed by atoms with Gasteiger partial charge < -0.3 is 5.32 Å². The van der Waals surface area contributed by atoms with E-state index in [9.17, 15) is 4.79 Å². The number of carbonyl (C=O) groups is 1. The van der Waals surface area contributed by atoms with Gasteiger partial charge in [-0.05, 0) is 53.7 Å². The minimum atomic E-state index is 0.0249. The predicted molar refractivity (Wildman–Crippen MR) is 73.0 cm³/mol. The van der Waals surface area contributed by atoms with Crippen LogP contribution in [0.1, 0.15) is 43.0 Å². The molecule has 0 bridgehead atoms. The molecule has 1 amide bonds. The van der Waals surface area contributed by atoms with Gasteiger partial charge in [-0.25, -0.2) is 0 Å². The molecule has 0 saturated heterocycles. The van der Waals surface area contributed by atoms with Gasteiger partial charge in [0.1, 0.15) is 0 Å². The van der Waals surface area contributed by atoms with Crippen LogP contribution < -0.4 is 5.32 Å². The highest BCUT2D eigenvalue weighted by molar-refractivity contribution is 9.10. The van der Waals surface area contributed by atoms with E-state index in [1.165, 1.54) is 25.7 Å². The normalized spacial score (nSPS) is 18.0. The van der Waals surface area contributed by atoms with Crippen LogP contribution in [-0.2, 0) is 0 Å². The van der Waals surface area contributed by atoms with E-state index < -0.39 is 0 Å². The average Bonchev–Trinajstić information content (AvgIpc) is 2.82. The second-order valence-corrected chi connectivity index (χ2v) is 5.64. The Hall–Kier alpha value is -0.830. The van der Waals surface area contributed by atoms with Crippen LogP contribution in [0, 0.1) is 5.92 Å². The van der Waals surface area contributed by atoms with E-state index >= 15 is 0 Å². The molecule has 1 N–H and O–H groups in total. The van der Waals surface area contributed by atoms with E-state index in [0.29, 0.717) is 5.92 Å². The number of rotatable bonds is 3. The summed E-state index contributed by atoms with van der Waals surface area (Å²) in [7, 11) is 0. The summed E-state index contributed by atoms with van der Waals surface area (Å²) in [6, 6.07) is 7.83. The van der Waals surface area contributed by atoms with Gasteiger partial charge in [0.25, 0.3) is 5.91 Å². The Kier molecular flexibility index (Phi) is 4.21. The lowest BCUT2D eigenvalue weighted by molar-refractivity contribution is 0.0926. The molecule has 17 heavy (non-hydrogen) atoms. The summed E-state index contributed by atoms with van der Waals surface area (Å²) in [5.41, 5.74) is 0.720. The van der Waals surface area contributed by atoms with Crippen LogP contribution in [0.5, 0.6) is 0 Å². The summed E-state index contributed by atoms with van der Waals surface area (Å²) in [5, 5.41) is 3.11. The smallest absolute Gasteiger partial charge is 0.252 e. The molecule has 0 aliphatic heterocycles. The summed E-state index contributed by atoms with van der Waals surface area (Å²) < 4.78 is 0.858. The summed E-state index contributed by atoms with van der Waals surface area (Å²) >= 11 is 3.41. The molecule has 0 radical (unpaired) electrons. The van der Waals surface area contributed by atoms with Crippen LogP contribution in [0.15, 0.2) is 28.7 Å². The number of halogens is 1. The van der Waals surface area contributed by atoms with Gasteiger partial charge >= 0.3 is 0 Å². The van der Waals surface area contributed by atoms with E-state index in [-0.39, 0.29) is 11.9 Å². The van der Waals surface area contributed by atoms with Gasteiger partial charge in [0, 0.05) is 10.5 Å². The van der Waals surface area contributed by atoms with Crippen molar-refractivity contribution in [1.82, 2.24) is 5.32 Å². The van der Waals surface area contributed by atoms with Crippen LogP contribution in [0.2, 0.25) is 0 Å². The highest BCUT2D eigenvalue weighted by atomic mass is 79.9. The first-order chi connectivity index (χ1) is 8.18. The lowest BCUT2D eigenvalue weighted by Gasteiger charge is -2.20. The minimum absolute atomic E-state index is 0.0249. The van der Waals surface area contributed by atoms with Crippen LogP contribution in [0.3, 0.4) is 0 Å². The molecule has 0 aromatic heterocycles. The standard InChI is InChI=1S/C14H18BrNO/c1-10(11-6-2-3-7-11)16-14(17)12-8-4-5-9-13(12)15/h4-5,8-11H,2-3,6-7H2,1H3,(H,16,17). The molecule has 1 unspecified atom stereocenters. The summed E-state index contributed by atoms with van der Waals surface area (Å²) in [6.07, 6.45) is 5.11. The fourth-order valence-electron chi connectivity index (χ4n) is 2.51. The van der Waals surface area contributed by atoms with E-state index in [4.69, 9.17) is 0 Å². The Labute approximate surface area is 111 Å². The molecule has 1 aromatic rings. The van der Waals surface area contributed by atoms with Gasteiger partial charge in [-0.3, -0.25) is 4.79 Å². The number of nitrogens with one attached hydrogen (secondary N) is 1. The van der Waals surface area contributed by atoms with Crippen LogP contribution in [0.25, 0.3) is 0 Å². The Morgan fingerprint density at radius 3 is 2.65 bits per heavy atom. The molecule has 1 fully saturated rings.